The minimum Gasteiger partial charge on any atom is -0.374 e. The number of rotatable bonds is 8. The number of hydrogen-bond acceptors (Lipinski definition) is 2. The van der Waals surface area contributed by atoms with Crippen molar-refractivity contribution in [2.24, 2.45) is 0 Å². The SMILES string of the molecule is C(=C[C@@H](Nc1ccccc1)c1ccccc1)=C[C@@H](Nc1ccccc1)c1ccccc1. The van der Waals surface area contributed by atoms with Gasteiger partial charge in [0.25, 0.3) is 0 Å². The third-order valence-electron chi connectivity index (χ3n) is 5.04. The predicted octanol–water partition coefficient (Wildman–Crippen LogP) is 7.40. The third-order valence-corrected chi connectivity index (χ3v) is 5.04. The molecule has 0 saturated heterocycles. The average Bonchev–Trinajstić information content (AvgIpc) is 2.85. The molecule has 2 atom stereocenters. The zero-order chi connectivity index (χ0) is 21.1. The first-order chi connectivity index (χ1) is 15.4. The Hall–Kier alpha value is -4.00. The molecule has 0 fully saturated rings. The molecule has 0 saturated carbocycles. The maximum atomic E-state index is 3.60. The number of hydrogen-bond donors (Lipinski definition) is 2. The Labute approximate surface area is 184 Å². The second kappa shape index (κ2) is 10.7. The molecule has 0 amide bonds. The van der Waals surface area contributed by atoms with Crippen LogP contribution >= 0.6 is 0 Å². The van der Waals surface area contributed by atoms with E-state index in [1.54, 1.807) is 0 Å². The highest BCUT2D eigenvalue weighted by molar-refractivity contribution is 5.48. The van der Waals surface area contributed by atoms with Gasteiger partial charge in [-0.05, 0) is 47.5 Å². The van der Waals surface area contributed by atoms with Crippen molar-refractivity contribution >= 4 is 11.4 Å². The van der Waals surface area contributed by atoms with E-state index in [2.05, 4.69) is 101 Å². The van der Waals surface area contributed by atoms with E-state index in [0.29, 0.717) is 0 Å². The third kappa shape index (κ3) is 5.99. The van der Waals surface area contributed by atoms with Crippen molar-refractivity contribution in [3.05, 3.63) is 150 Å². The lowest BCUT2D eigenvalue weighted by molar-refractivity contribution is 0.969. The molecule has 0 aromatic heterocycles. The van der Waals surface area contributed by atoms with Crippen LogP contribution in [0.4, 0.5) is 11.4 Å². The van der Waals surface area contributed by atoms with Crippen LogP contribution in [0.25, 0.3) is 0 Å². The zero-order valence-electron chi connectivity index (χ0n) is 17.4. The lowest BCUT2D eigenvalue weighted by atomic mass is 10.0. The van der Waals surface area contributed by atoms with Crippen molar-refractivity contribution in [3.8, 4) is 0 Å². The molecule has 0 aliphatic carbocycles. The highest BCUT2D eigenvalue weighted by Gasteiger charge is 2.09. The monoisotopic (exact) mass is 402 g/mol. The molecule has 0 aliphatic rings. The number of anilines is 2. The Bertz CT molecular complexity index is 1010. The second-order valence-corrected chi connectivity index (χ2v) is 7.30. The molecule has 152 valence electrons. The highest BCUT2D eigenvalue weighted by atomic mass is 14.9. The fraction of sp³-hybridized carbons (Fsp3) is 0.0690. The average molecular weight is 403 g/mol. The largest absolute Gasteiger partial charge is 0.374 e. The van der Waals surface area contributed by atoms with Crippen molar-refractivity contribution in [1.82, 2.24) is 0 Å². The van der Waals surface area contributed by atoms with E-state index >= 15 is 0 Å². The highest BCUT2D eigenvalue weighted by Crippen LogP contribution is 2.23. The first kappa shape index (κ1) is 20.3. The van der Waals surface area contributed by atoms with E-state index in [-0.39, 0.29) is 12.1 Å². The van der Waals surface area contributed by atoms with Crippen molar-refractivity contribution in [2.75, 3.05) is 10.6 Å². The van der Waals surface area contributed by atoms with Crippen molar-refractivity contribution < 1.29 is 0 Å². The van der Waals surface area contributed by atoms with Crippen LogP contribution in [0, 0.1) is 0 Å². The summed E-state index contributed by atoms with van der Waals surface area (Å²) in [6.07, 6.45) is 4.18. The Balaban J connectivity index is 1.61. The lowest BCUT2D eigenvalue weighted by Gasteiger charge is -2.17. The molecule has 0 heterocycles. The fourth-order valence-corrected chi connectivity index (χ4v) is 3.44. The minimum absolute atomic E-state index is 0.0213. The molecule has 0 aliphatic heterocycles. The van der Waals surface area contributed by atoms with Gasteiger partial charge >= 0.3 is 0 Å². The first-order valence-electron chi connectivity index (χ1n) is 10.5. The predicted molar refractivity (Wildman–Crippen MR) is 131 cm³/mol. The molecule has 2 heteroatoms. The van der Waals surface area contributed by atoms with Crippen molar-refractivity contribution in [1.29, 1.82) is 0 Å². The molecule has 2 nitrogen and oxygen atoms in total. The summed E-state index contributed by atoms with van der Waals surface area (Å²) in [7, 11) is 0. The van der Waals surface area contributed by atoms with Gasteiger partial charge in [-0.2, -0.15) is 0 Å². The Morgan fingerprint density at radius 1 is 0.452 bits per heavy atom. The normalized spacial score (nSPS) is 12.1. The van der Waals surface area contributed by atoms with Crippen LogP contribution in [0.3, 0.4) is 0 Å². The van der Waals surface area contributed by atoms with Gasteiger partial charge < -0.3 is 10.6 Å². The summed E-state index contributed by atoms with van der Waals surface area (Å²) in [4.78, 5) is 0. The van der Waals surface area contributed by atoms with E-state index in [4.69, 9.17) is 0 Å². The molecular formula is C29H26N2. The van der Waals surface area contributed by atoms with Crippen molar-refractivity contribution in [3.63, 3.8) is 0 Å². The summed E-state index contributed by atoms with van der Waals surface area (Å²) in [6, 6.07) is 41.5. The molecule has 2 N–H and O–H groups in total. The lowest BCUT2D eigenvalue weighted by Crippen LogP contribution is -2.09. The van der Waals surface area contributed by atoms with Gasteiger partial charge in [0.1, 0.15) is 0 Å². The van der Waals surface area contributed by atoms with Gasteiger partial charge in [-0.3, -0.25) is 0 Å². The van der Waals surface area contributed by atoms with Gasteiger partial charge in [-0.15, -0.1) is 5.73 Å². The number of benzene rings is 4. The summed E-state index contributed by atoms with van der Waals surface area (Å²) in [6.45, 7) is 0. The molecule has 31 heavy (non-hydrogen) atoms. The standard InChI is InChI=1S/C29H26N2/c1-5-14-24(15-6-1)28(30-26-18-9-3-10-19-26)22-13-23-29(25-16-7-2-8-17-25)31-27-20-11-4-12-21-27/h1-12,14-23,28-31H/t13?,28-,29-/m1/s1. The topological polar surface area (TPSA) is 24.1 Å². The number of para-hydroxylation sites is 2. The van der Waals surface area contributed by atoms with Crippen LogP contribution in [0.2, 0.25) is 0 Å². The Morgan fingerprint density at radius 3 is 1.13 bits per heavy atom. The molecule has 0 bridgehead atoms. The molecular weight excluding hydrogens is 376 g/mol. The van der Waals surface area contributed by atoms with Crippen LogP contribution < -0.4 is 10.6 Å². The quantitative estimate of drug-likeness (QED) is 0.300. The summed E-state index contributed by atoms with van der Waals surface area (Å²) < 4.78 is 0. The van der Waals surface area contributed by atoms with Crippen LogP contribution in [-0.2, 0) is 0 Å². The summed E-state index contributed by atoms with van der Waals surface area (Å²) >= 11 is 0. The molecule has 0 radical (unpaired) electrons. The van der Waals surface area contributed by atoms with E-state index in [0.717, 1.165) is 11.4 Å². The van der Waals surface area contributed by atoms with E-state index in [1.165, 1.54) is 11.1 Å². The van der Waals surface area contributed by atoms with Crippen LogP contribution in [0.1, 0.15) is 23.2 Å². The number of nitrogens with one attached hydrogen (secondary N) is 2. The second-order valence-electron chi connectivity index (χ2n) is 7.30. The molecule has 4 rings (SSSR count). The van der Waals surface area contributed by atoms with Crippen LogP contribution in [0.15, 0.2) is 139 Å². The summed E-state index contributed by atoms with van der Waals surface area (Å²) in [5, 5.41) is 7.20. The van der Waals surface area contributed by atoms with Gasteiger partial charge in [0.05, 0.1) is 12.1 Å². The zero-order valence-corrected chi connectivity index (χ0v) is 17.4. The first-order valence-corrected chi connectivity index (χ1v) is 10.5. The van der Waals surface area contributed by atoms with Gasteiger partial charge in [-0.1, -0.05) is 97.1 Å². The molecule has 0 unspecified atom stereocenters. The molecule has 4 aromatic carbocycles. The van der Waals surface area contributed by atoms with Crippen LogP contribution in [0.5, 0.6) is 0 Å². The molecule has 0 spiro atoms. The Morgan fingerprint density at radius 2 is 0.774 bits per heavy atom. The van der Waals surface area contributed by atoms with Crippen molar-refractivity contribution in [2.45, 2.75) is 12.1 Å². The van der Waals surface area contributed by atoms with Gasteiger partial charge in [0, 0.05) is 11.4 Å². The summed E-state index contributed by atoms with van der Waals surface area (Å²) in [5.74, 6) is 0. The maximum Gasteiger partial charge on any atom is 0.0771 e. The van der Waals surface area contributed by atoms with E-state index in [9.17, 15) is 0 Å². The van der Waals surface area contributed by atoms with Crippen LogP contribution in [-0.4, -0.2) is 0 Å². The molecule has 4 aromatic rings. The smallest absolute Gasteiger partial charge is 0.0771 e. The van der Waals surface area contributed by atoms with E-state index in [1.807, 2.05) is 48.5 Å². The van der Waals surface area contributed by atoms with Gasteiger partial charge in [0.15, 0.2) is 0 Å². The fourth-order valence-electron chi connectivity index (χ4n) is 3.44. The van der Waals surface area contributed by atoms with Gasteiger partial charge in [-0.25, -0.2) is 0 Å². The summed E-state index contributed by atoms with van der Waals surface area (Å²) in [5.41, 5.74) is 8.00. The Kier molecular flexibility index (Phi) is 6.99. The van der Waals surface area contributed by atoms with E-state index < -0.39 is 0 Å². The van der Waals surface area contributed by atoms with Gasteiger partial charge in [0.2, 0.25) is 0 Å². The minimum atomic E-state index is 0.0213. The maximum absolute atomic E-state index is 3.60.